The van der Waals surface area contributed by atoms with E-state index in [1.807, 2.05) is 0 Å². The minimum Gasteiger partial charge on any atom is -0.481 e. The zero-order chi connectivity index (χ0) is 26.5. The van der Waals surface area contributed by atoms with E-state index in [4.69, 9.17) is 0 Å². The number of carbonyl (C=O) groups is 1. The van der Waals surface area contributed by atoms with Crippen molar-refractivity contribution in [1.82, 2.24) is 15.5 Å². The van der Waals surface area contributed by atoms with Crippen LogP contribution in [0, 0.1) is 23.7 Å². The SMILES string of the molecule is C[C@H]1[C@H](O)CC[C@H]2C[C@H](CC[C@H]3C#CC[C@@H]4C[C@@](C)(CCN4)NC[C@](O)(CC(=O)O)CCCC3)C=CN21. The third kappa shape index (κ3) is 7.95. The van der Waals surface area contributed by atoms with E-state index in [1.165, 1.54) is 0 Å². The van der Waals surface area contributed by atoms with Crippen LogP contribution in [0.5, 0.6) is 0 Å². The molecule has 0 aromatic heterocycles. The first kappa shape index (κ1) is 28.4. The monoisotopic (exact) mass is 515 g/mol. The van der Waals surface area contributed by atoms with Gasteiger partial charge in [-0.2, -0.15) is 0 Å². The maximum Gasteiger partial charge on any atom is 0.306 e. The molecular formula is C30H49N3O4. The van der Waals surface area contributed by atoms with Crippen molar-refractivity contribution in [1.29, 1.82) is 0 Å². The fourth-order valence-corrected chi connectivity index (χ4v) is 6.99. The Hall–Kier alpha value is -1.59. The fourth-order valence-electron chi connectivity index (χ4n) is 6.99. The molecule has 0 amide bonds. The molecule has 4 aliphatic rings. The number of aliphatic hydroxyl groups excluding tert-OH is 1. The first-order valence-corrected chi connectivity index (χ1v) is 14.7. The molecule has 0 unspecified atom stereocenters. The van der Waals surface area contributed by atoms with E-state index < -0.39 is 11.6 Å². The lowest BCUT2D eigenvalue weighted by Gasteiger charge is -2.46. The first-order chi connectivity index (χ1) is 17.6. The Morgan fingerprint density at radius 3 is 2.84 bits per heavy atom. The van der Waals surface area contributed by atoms with Crippen molar-refractivity contribution in [2.75, 3.05) is 13.1 Å². The number of piperidine rings is 2. The van der Waals surface area contributed by atoms with E-state index in [0.717, 1.165) is 77.2 Å². The van der Waals surface area contributed by atoms with Gasteiger partial charge in [0.2, 0.25) is 0 Å². The topological polar surface area (TPSA) is 105 Å². The highest BCUT2D eigenvalue weighted by Crippen LogP contribution is 2.34. The molecule has 8 atom stereocenters. The number of aliphatic hydroxyl groups is 2. The summed E-state index contributed by atoms with van der Waals surface area (Å²) < 4.78 is 0. The number of β-amino-alcohol motifs (C(OH)–C–C–N with tert-alkyl or cyclic N) is 1. The Balaban J connectivity index is 1.39. The minimum atomic E-state index is -1.22. The lowest BCUT2D eigenvalue weighted by Crippen LogP contribution is -2.57. The van der Waals surface area contributed by atoms with Gasteiger partial charge in [0, 0.05) is 36.5 Å². The molecule has 0 radical (unpaired) electrons. The van der Waals surface area contributed by atoms with E-state index in [9.17, 15) is 20.1 Å². The van der Waals surface area contributed by atoms with Gasteiger partial charge in [0.15, 0.2) is 0 Å². The average Bonchev–Trinajstić information content (AvgIpc) is 2.85. The molecule has 0 spiro atoms. The second-order valence-electron chi connectivity index (χ2n) is 12.7. The van der Waals surface area contributed by atoms with Crippen LogP contribution < -0.4 is 10.6 Å². The van der Waals surface area contributed by atoms with Crippen LogP contribution >= 0.6 is 0 Å². The van der Waals surface area contributed by atoms with Gasteiger partial charge in [-0.05, 0) is 90.3 Å². The second-order valence-corrected chi connectivity index (χ2v) is 12.7. The van der Waals surface area contributed by atoms with Gasteiger partial charge in [0.05, 0.1) is 24.2 Å². The molecule has 37 heavy (non-hydrogen) atoms. The van der Waals surface area contributed by atoms with Crippen LogP contribution in [-0.4, -0.2) is 74.6 Å². The summed E-state index contributed by atoms with van der Waals surface area (Å²) in [6.45, 7) is 5.54. The second kappa shape index (κ2) is 12.5. The van der Waals surface area contributed by atoms with Crippen LogP contribution in [0.4, 0.5) is 0 Å². The summed E-state index contributed by atoms with van der Waals surface area (Å²) in [5.74, 6) is 7.10. The molecule has 4 rings (SSSR count). The van der Waals surface area contributed by atoms with Gasteiger partial charge in [-0.15, -0.1) is 5.92 Å². The van der Waals surface area contributed by atoms with Crippen molar-refractivity contribution in [3.8, 4) is 11.8 Å². The maximum atomic E-state index is 11.5. The number of carboxylic acids is 1. The number of nitrogens with zero attached hydrogens (tertiary/aromatic N) is 1. The number of hydrogen-bond donors (Lipinski definition) is 5. The quantitative estimate of drug-likeness (QED) is 0.358. The van der Waals surface area contributed by atoms with Gasteiger partial charge in [-0.3, -0.25) is 4.79 Å². The molecule has 0 aromatic carbocycles. The lowest BCUT2D eigenvalue weighted by atomic mass is 9.81. The normalized spacial score (nSPS) is 41.1. The molecule has 7 nitrogen and oxygen atoms in total. The van der Waals surface area contributed by atoms with Gasteiger partial charge < -0.3 is 30.9 Å². The lowest BCUT2D eigenvalue weighted by molar-refractivity contribution is -0.143. The average molecular weight is 516 g/mol. The smallest absolute Gasteiger partial charge is 0.306 e. The number of carboxylic acid groups (broad SMARTS) is 1. The van der Waals surface area contributed by atoms with Crippen LogP contribution in [0.3, 0.4) is 0 Å². The number of aliphatic carboxylic acids is 1. The molecule has 7 heteroatoms. The molecular weight excluding hydrogens is 466 g/mol. The van der Waals surface area contributed by atoms with Crippen molar-refractivity contribution < 1.29 is 20.1 Å². The minimum absolute atomic E-state index is 0.124. The van der Waals surface area contributed by atoms with Crippen LogP contribution in [-0.2, 0) is 4.79 Å². The number of rotatable bonds is 5. The van der Waals surface area contributed by atoms with Gasteiger partial charge >= 0.3 is 5.97 Å². The van der Waals surface area contributed by atoms with Crippen LogP contribution in [0.15, 0.2) is 12.3 Å². The summed E-state index contributed by atoms with van der Waals surface area (Å²) in [5, 5.41) is 38.0. The van der Waals surface area contributed by atoms with E-state index in [1.54, 1.807) is 0 Å². The maximum absolute atomic E-state index is 11.5. The summed E-state index contributed by atoms with van der Waals surface area (Å²) in [6.07, 6.45) is 15.4. The molecule has 2 saturated heterocycles. The Kier molecular flexibility index (Phi) is 9.61. The van der Waals surface area contributed by atoms with Crippen molar-refractivity contribution >= 4 is 5.97 Å². The van der Waals surface area contributed by atoms with Crippen molar-refractivity contribution in [3.05, 3.63) is 12.3 Å². The fraction of sp³-hybridized carbons (Fsp3) is 0.833. The number of fused-ring (bicyclic) bond motifs is 3. The summed E-state index contributed by atoms with van der Waals surface area (Å²) in [4.78, 5) is 13.9. The summed E-state index contributed by atoms with van der Waals surface area (Å²) >= 11 is 0. The highest BCUT2D eigenvalue weighted by Gasteiger charge is 2.37. The molecule has 0 aromatic rings. The summed E-state index contributed by atoms with van der Waals surface area (Å²) in [7, 11) is 0. The zero-order valence-electron chi connectivity index (χ0n) is 22.9. The van der Waals surface area contributed by atoms with Crippen LogP contribution in [0.1, 0.15) is 97.3 Å². The molecule has 5 N–H and O–H groups in total. The molecule has 0 aliphatic carbocycles. The highest BCUT2D eigenvalue weighted by molar-refractivity contribution is 5.68. The highest BCUT2D eigenvalue weighted by atomic mass is 16.4. The zero-order valence-corrected chi connectivity index (χ0v) is 22.9. The molecule has 208 valence electrons. The Bertz CT molecular complexity index is 869. The van der Waals surface area contributed by atoms with E-state index in [2.05, 4.69) is 53.5 Å². The summed E-state index contributed by atoms with van der Waals surface area (Å²) in [5.41, 5.74) is -1.34. The van der Waals surface area contributed by atoms with E-state index >= 15 is 0 Å². The molecule has 0 saturated carbocycles. The van der Waals surface area contributed by atoms with Crippen LogP contribution in [0.2, 0.25) is 0 Å². The number of allylic oxidation sites excluding steroid dienone is 1. The third-order valence-corrected chi connectivity index (χ3v) is 9.47. The van der Waals surface area contributed by atoms with Gasteiger partial charge in [-0.1, -0.05) is 24.8 Å². The summed E-state index contributed by atoms with van der Waals surface area (Å²) in [6, 6.07) is 1.05. The predicted octanol–water partition coefficient (Wildman–Crippen LogP) is 3.40. The largest absolute Gasteiger partial charge is 0.481 e. The van der Waals surface area contributed by atoms with E-state index in [-0.39, 0.29) is 24.1 Å². The molecule has 4 heterocycles. The van der Waals surface area contributed by atoms with Crippen molar-refractivity contribution in [3.63, 3.8) is 0 Å². The number of nitrogens with one attached hydrogen (secondary N) is 2. The van der Waals surface area contributed by atoms with Crippen molar-refractivity contribution in [2.24, 2.45) is 11.8 Å². The molecule has 2 bridgehead atoms. The predicted molar refractivity (Wildman–Crippen MR) is 146 cm³/mol. The van der Waals surface area contributed by atoms with Crippen molar-refractivity contribution in [2.45, 2.75) is 133 Å². The van der Waals surface area contributed by atoms with Crippen LogP contribution in [0.25, 0.3) is 0 Å². The van der Waals surface area contributed by atoms with Gasteiger partial charge in [0.1, 0.15) is 0 Å². The van der Waals surface area contributed by atoms with E-state index in [0.29, 0.717) is 36.9 Å². The standard InChI is InChI=1S/C30H49N3O4/c1-22-27(34)12-11-26-18-24(13-17-33(22)26)10-9-23-6-3-4-14-30(37,20-28(35)36)21-32-29(2)15-16-31-25(19-29)8-5-7-23/h13,17,22-27,31-32,34,37H,3-4,6,8-12,14-16,18-21H2,1-2H3,(H,35,36)/t22-,23+,24+,25+,26-,27+,29+,30+/m0/s1. The Labute approximate surface area is 223 Å². The molecule has 4 aliphatic heterocycles. The van der Waals surface area contributed by atoms with Gasteiger partial charge in [0.25, 0.3) is 0 Å². The third-order valence-electron chi connectivity index (χ3n) is 9.47. The Morgan fingerprint density at radius 1 is 1.19 bits per heavy atom. The van der Waals surface area contributed by atoms with Gasteiger partial charge in [-0.25, -0.2) is 0 Å². The molecule has 2 fully saturated rings. The Morgan fingerprint density at radius 2 is 2.03 bits per heavy atom. The number of hydrogen-bond acceptors (Lipinski definition) is 6. The first-order valence-electron chi connectivity index (χ1n) is 14.7.